The second-order valence-electron chi connectivity index (χ2n) is 4.65. The number of anilines is 1. The summed E-state index contributed by atoms with van der Waals surface area (Å²) in [4.78, 5) is 4.24. The van der Waals surface area contributed by atoms with E-state index in [9.17, 15) is 0 Å². The molecule has 5 nitrogen and oxygen atoms in total. The van der Waals surface area contributed by atoms with Gasteiger partial charge in [-0.3, -0.25) is 0 Å². The van der Waals surface area contributed by atoms with Crippen molar-refractivity contribution in [3.63, 3.8) is 0 Å². The molecular formula is C13H13N3O2. The summed E-state index contributed by atoms with van der Waals surface area (Å²) in [6.07, 6.45) is 0. The van der Waals surface area contributed by atoms with Crippen LogP contribution in [0.25, 0.3) is 11.1 Å². The molecule has 18 heavy (non-hydrogen) atoms. The predicted molar refractivity (Wildman–Crippen MR) is 66.1 cm³/mol. The maximum atomic E-state index is 9.09. The van der Waals surface area contributed by atoms with Crippen LogP contribution < -0.4 is 5.32 Å². The minimum absolute atomic E-state index is 0.383. The van der Waals surface area contributed by atoms with Gasteiger partial charge in [-0.2, -0.15) is 5.26 Å². The van der Waals surface area contributed by atoms with E-state index in [0.29, 0.717) is 25.6 Å². The van der Waals surface area contributed by atoms with Gasteiger partial charge in [-0.1, -0.05) is 0 Å². The molecule has 0 atom stereocenters. The third-order valence-electron chi connectivity index (χ3n) is 3.12. The van der Waals surface area contributed by atoms with E-state index in [0.717, 1.165) is 16.8 Å². The molecule has 0 spiro atoms. The zero-order valence-corrected chi connectivity index (χ0v) is 10.1. The van der Waals surface area contributed by atoms with Crippen molar-refractivity contribution in [2.75, 3.05) is 25.1 Å². The summed E-state index contributed by atoms with van der Waals surface area (Å²) < 4.78 is 10.6. The number of nitrogens with zero attached hydrogens (tertiary/aromatic N) is 2. The molecule has 1 aliphatic heterocycles. The lowest BCUT2D eigenvalue weighted by atomic mass is 9.88. The standard InChI is InChI=1S/C13H13N3O2/c1-9-16-11-3-2-10(4-12(11)18-9)15-6-13(5-14)7-17-8-13/h2-4,15H,6-8H2,1H3. The number of hydrogen-bond donors (Lipinski definition) is 1. The number of nitrogens with one attached hydrogen (secondary N) is 1. The molecule has 92 valence electrons. The van der Waals surface area contributed by atoms with Gasteiger partial charge >= 0.3 is 0 Å². The van der Waals surface area contributed by atoms with E-state index in [-0.39, 0.29) is 5.41 Å². The Morgan fingerprint density at radius 2 is 2.33 bits per heavy atom. The maximum Gasteiger partial charge on any atom is 0.192 e. The van der Waals surface area contributed by atoms with E-state index in [1.54, 1.807) is 0 Å². The first-order valence-corrected chi connectivity index (χ1v) is 5.81. The summed E-state index contributed by atoms with van der Waals surface area (Å²) in [6, 6.07) is 8.05. The van der Waals surface area contributed by atoms with E-state index in [4.69, 9.17) is 14.4 Å². The maximum absolute atomic E-state index is 9.09. The lowest BCUT2D eigenvalue weighted by molar-refractivity contribution is -0.0690. The summed E-state index contributed by atoms with van der Waals surface area (Å²) >= 11 is 0. The average molecular weight is 243 g/mol. The first-order chi connectivity index (χ1) is 8.71. The van der Waals surface area contributed by atoms with Gasteiger partial charge in [0, 0.05) is 25.2 Å². The van der Waals surface area contributed by atoms with Crippen LogP contribution in [-0.4, -0.2) is 24.7 Å². The number of fused-ring (bicyclic) bond motifs is 1. The van der Waals surface area contributed by atoms with Gasteiger partial charge in [-0.05, 0) is 12.1 Å². The lowest BCUT2D eigenvalue weighted by Crippen LogP contribution is -2.46. The van der Waals surface area contributed by atoms with E-state index in [2.05, 4.69) is 16.4 Å². The highest BCUT2D eigenvalue weighted by Crippen LogP contribution is 2.27. The molecule has 1 N–H and O–H groups in total. The van der Waals surface area contributed by atoms with Crippen molar-refractivity contribution in [1.29, 1.82) is 5.26 Å². The fourth-order valence-electron chi connectivity index (χ4n) is 1.98. The van der Waals surface area contributed by atoms with Gasteiger partial charge in [-0.25, -0.2) is 4.98 Å². The number of hydrogen-bond acceptors (Lipinski definition) is 5. The SMILES string of the molecule is Cc1nc2ccc(NCC3(C#N)COC3)cc2o1. The Labute approximate surface area is 104 Å². The first-order valence-electron chi connectivity index (χ1n) is 5.81. The summed E-state index contributed by atoms with van der Waals surface area (Å²) in [7, 11) is 0. The van der Waals surface area contributed by atoms with E-state index < -0.39 is 0 Å². The highest BCUT2D eigenvalue weighted by atomic mass is 16.5. The largest absolute Gasteiger partial charge is 0.441 e. The fourth-order valence-corrected chi connectivity index (χ4v) is 1.98. The fraction of sp³-hybridized carbons (Fsp3) is 0.385. The molecule has 1 saturated heterocycles. The molecule has 0 amide bonds. The Balaban J connectivity index is 1.76. The van der Waals surface area contributed by atoms with E-state index in [1.165, 1.54) is 0 Å². The molecule has 2 heterocycles. The van der Waals surface area contributed by atoms with Crippen LogP contribution in [0.1, 0.15) is 5.89 Å². The summed E-state index contributed by atoms with van der Waals surface area (Å²) in [6.45, 7) is 3.41. The Morgan fingerprint density at radius 3 is 3.00 bits per heavy atom. The van der Waals surface area contributed by atoms with Crippen LogP contribution in [0.15, 0.2) is 22.6 Å². The number of oxazole rings is 1. The Morgan fingerprint density at radius 1 is 1.50 bits per heavy atom. The quantitative estimate of drug-likeness (QED) is 0.893. The molecule has 0 aliphatic carbocycles. The minimum Gasteiger partial charge on any atom is -0.441 e. The molecule has 1 aliphatic rings. The number of benzene rings is 1. The van der Waals surface area contributed by atoms with Crippen molar-refractivity contribution in [2.24, 2.45) is 5.41 Å². The van der Waals surface area contributed by atoms with Crippen molar-refractivity contribution in [2.45, 2.75) is 6.92 Å². The van der Waals surface area contributed by atoms with Crippen molar-refractivity contribution < 1.29 is 9.15 Å². The van der Waals surface area contributed by atoms with Crippen LogP contribution in [0.3, 0.4) is 0 Å². The highest BCUT2D eigenvalue weighted by molar-refractivity contribution is 5.77. The molecule has 1 aromatic carbocycles. The second-order valence-corrected chi connectivity index (χ2v) is 4.65. The number of nitriles is 1. The average Bonchev–Trinajstić information content (AvgIpc) is 2.67. The first kappa shape index (κ1) is 11.1. The second kappa shape index (κ2) is 4.00. The molecule has 0 saturated carbocycles. The van der Waals surface area contributed by atoms with Gasteiger partial charge < -0.3 is 14.5 Å². The summed E-state index contributed by atoms with van der Waals surface area (Å²) in [5.41, 5.74) is 2.15. The van der Waals surface area contributed by atoms with Crippen LogP contribution >= 0.6 is 0 Å². The number of ether oxygens (including phenoxy) is 1. The zero-order chi connectivity index (χ0) is 12.6. The highest BCUT2D eigenvalue weighted by Gasteiger charge is 2.38. The predicted octanol–water partition coefficient (Wildman–Crippen LogP) is 2.09. The summed E-state index contributed by atoms with van der Waals surface area (Å²) in [5.74, 6) is 0.656. The molecule has 0 radical (unpaired) electrons. The number of rotatable bonds is 3. The van der Waals surface area contributed by atoms with Crippen molar-refractivity contribution in [3.05, 3.63) is 24.1 Å². The van der Waals surface area contributed by atoms with Gasteiger partial charge in [0.25, 0.3) is 0 Å². The van der Waals surface area contributed by atoms with Gasteiger partial charge in [0.15, 0.2) is 11.5 Å². The molecule has 1 fully saturated rings. The number of aromatic nitrogens is 1. The molecule has 1 aromatic heterocycles. The molecule has 3 rings (SSSR count). The normalized spacial score (nSPS) is 17.1. The van der Waals surface area contributed by atoms with Crippen LogP contribution in [0.2, 0.25) is 0 Å². The Kier molecular flexibility index (Phi) is 2.46. The van der Waals surface area contributed by atoms with Crippen LogP contribution in [0.4, 0.5) is 5.69 Å². The van der Waals surface area contributed by atoms with Crippen molar-refractivity contribution in [3.8, 4) is 6.07 Å². The zero-order valence-electron chi connectivity index (χ0n) is 10.1. The monoisotopic (exact) mass is 243 g/mol. The smallest absolute Gasteiger partial charge is 0.192 e. The molecule has 0 unspecified atom stereocenters. The van der Waals surface area contributed by atoms with E-state index in [1.807, 2.05) is 25.1 Å². The Hall–Kier alpha value is -2.06. The van der Waals surface area contributed by atoms with Gasteiger partial charge in [0.2, 0.25) is 0 Å². The minimum atomic E-state index is -0.383. The molecule has 0 bridgehead atoms. The van der Waals surface area contributed by atoms with Crippen LogP contribution in [0.5, 0.6) is 0 Å². The number of aryl methyl sites for hydroxylation is 1. The molecule has 5 heteroatoms. The molecule has 2 aromatic rings. The summed E-state index contributed by atoms with van der Waals surface area (Å²) in [5, 5.41) is 12.3. The third kappa shape index (κ3) is 1.81. The van der Waals surface area contributed by atoms with Crippen molar-refractivity contribution >= 4 is 16.8 Å². The third-order valence-corrected chi connectivity index (χ3v) is 3.12. The Bertz CT molecular complexity index is 623. The van der Waals surface area contributed by atoms with E-state index >= 15 is 0 Å². The lowest BCUT2D eigenvalue weighted by Gasteiger charge is -2.35. The van der Waals surface area contributed by atoms with Gasteiger partial charge in [0.05, 0.1) is 19.3 Å². The molecular weight excluding hydrogens is 230 g/mol. The van der Waals surface area contributed by atoms with Gasteiger partial charge in [0.1, 0.15) is 10.9 Å². The van der Waals surface area contributed by atoms with Crippen LogP contribution in [-0.2, 0) is 4.74 Å². The van der Waals surface area contributed by atoms with Gasteiger partial charge in [-0.15, -0.1) is 0 Å². The van der Waals surface area contributed by atoms with Crippen LogP contribution in [0, 0.1) is 23.7 Å². The topological polar surface area (TPSA) is 71.1 Å². The van der Waals surface area contributed by atoms with Crippen molar-refractivity contribution in [1.82, 2.24) is 4.98 Å².